The lowest BCUT2D eigenvalue weighted by atomic mass is 10.1. The number of piperidine rings is 1. The Morgan fingerprint density at radius 3 is 2.42 bits per heavy atom. The van der Waals surface area contributed by atoms with Gasteiger partial charge in [-0.05, 0) is 40.9 Å². The first kappa shape index (κ1) is 18.4. The van der Waals surface area contributed by atoms with Crippen LogP contribution < -0.4 is 14.2 Å². The van der Waals surface area contributed by atoms with Gasteiger partial charge in [0.15, 0.2) is 0 Å². The standard InChI is InChI=1S/C18H20BrN3O4/c1-24-15-6-12(7-16(8-15)25-2)17(23)22-5-3-4-14(11-22)26-18-20-9-13(19)10-21-18/h6-10,14H,3-5,11H2,1-2H3. The van der Waals surface area contributed by atoms with Crippen LogP contribution in [-0.4, -0.2) is 54.2 Å². The highest BCUT2D eigenvalue weighted by Crippen LogP contribution is 2.25. The zero-order valence-corrected chi connectivity index (χ0v) is 16.2. The summed E-state index contributed by atoms with van der Waals surface area (Å²) in [6.45, 7) is 1.16. The summed E-state index contributed by atoms with van der Waals surface area (Å²) in [6, 6.07) is 5.49. The van der Waals surface area contributed by atoms with Gasteiger partial charge in [-0.3, -0.25) is 4.79 Å². The predicted octanol–water partition coefficient (Wildman–Crippen LogP) is 2.94. The zero-order valence-electron chi connectivity index (χ0n) is 14.6. The number of aromatic nitrogens is 2. The van der Waals surface area contributed by atoms with Crippen molar-refractivity contribution in [1.82, 2.24) is 14.9 Å². The van der Waals surface area contributed by atoms with Gasteiger partial charge in [-0.1, -0.05) is 0 Å². The monoisotopic (exact) mass is 421 g/mol. The van der Waals surface area contributed by atoms with Crippen LogP contribution in [0.2, 0.25) is 0 Å². The molecule has 1 amide bonds. The van der Waals surface area contributed by atoms with Gasteiger partial charge >= 0.3 is 6.01 Å². The van der Waals surface area contributed by atoms with E-state index < -0.39 is 0 Å². The molecular weight excluding hydrogens is 402 g/mol. The molecule has 1 atom stereocenters. The number of amides is 1. The molecule has 1 aromatic heterocycles. The molecule has 0 spiro atoms. The summed E-state index contributed by atoms with van der Waals surface area (Å²) in [6.07, 6.45) is 4.84. The van der Waals surface area contributed by atoms with Gasteiger partial charge < -0.3 is 19.1 Å². The van der Waals surface area contributed by atoms with Gasteiger partial charge in [0.25, 0.3) is 5.91 Å². The topological polar surface area (TPSA) is 73.8 Å². The second-order valence-electron chi connectivity index (χ2n) is 5.92. The number of carbonyl (C=O) groups is 1. The highest BCUT2D eigenvalue weighted by Gasteiger charge is 2.27. The summed E-state index contributed by atoms with van der Waals surface area (Å²) in [5.74, 6) is 1.09. The number of likely N-dealkylation sites (tertiary alicyclic amines) is 1. The van der Waals surface area contributed by atoms with E-state index in [1.807, 2.05) is 0 Å². The molecule has 138 valence electrons. The minimum atomic E-state index is -0.138. The lowest BCUT2D eigenvalue weighted by Crippen LogP contribution is -2.44. The van der Waals surface area contributed by atoms with E-state index in [-0.39, 0.29) is 12.0 Å². The Balaban J connectivity index is 1.70. The normalized spacial score (nSPS) is 16.9. The number of hydrogen-bond acceptors (Lipinski definition) is 6. The number of nitrogens with zero attached hydrogens (tertiary/aromatic N) is 3. The van der Waals surface area contributed by atoms with E-state index in [1.165, 1.54) is 0 Å². The summed E-state index contributed by atoms with van der Waals surface area (Å²) in [7, 11) is 3.12. The molecule has 1 unspecified atom stereocenters. The largest absolute Gasteiger partial charge is 0.497 e. The molecule has 0 radical (unpaired) electrons. The minimum Gasteiger partial charge on any atom is -0.497 e. The maximum absolute atomic E-state index is 12.9. The molecule has 2 heterocycles. The number of methoxy groups -OCH3 is 2. The molecule has 1 aliphatic heterocycles. The first-order chi connectivity index (χ1) is 12.6. The first-order valence-electron chi connectivity index (χ1n) is 8.25. The molecule has 0 saturated carbocycles. The Kier molecular flexibility index (Phi) is 5.92. The maximum Gasteiger partial charge on any atom is 0.316 e. The van der Waals surface area contributed by atoms with E-state index in [1.54, 1.807) is 49.7 Å². The SMILES string of the molecule is COc1cc(OC)cc(C(=O)N2CCCC(Oc3ncc(Br)cn3)C2)c1. The molecule has 0 aliphatic carbocycles. The van der Waals surface area contributed by atoms with Gasteiger partial charge in [0.1, 0.15) is 17.6 Å². The average molecular weight is 422 g/mol. The van der Waals surface area contributed by atoms with Crippen LogP contribution in [0.15, 0.2) is 35.1 Å². The number of ether oxygens (including phenoxy) is 3. The molecule has 1 saturated heterocycles. The third-order valence-corrected chi connectivity index (χ3v) is 4.54. The van der Waals surface area contributed by atoms with Crippen molar-refractivity contribution in [1.29, 1.82) is 0 Å². The molecule has 1 aliphatic rings. The summed E-state index contributed by atoms with van der Waals surface area (Å²) >= 11 is 3.29. The summed E-state index contributed by atoms with van der Waals surface area (Å²) < 4.78 is 17.1. The van der Waals surface area contributed by atoms with Crippen molar-refractivity contribution >= 4 is 21.8 Å². The van der Waals surface area contributed by atoms with Crippen LogP contribution in [0.25, 0.3) is 0 Å². The van der Waals surface area contributed by atoms with Crippen LogP contribution in [-0.2, 0) is 0 Å². The van der Waals surface area contributed by atoms with Crippen LogP contribution in [0.1, 0.15) is 23.2 Å². The summed E-state index contributed by atoms with van der Waals surface area (Å²) in [4.78, 5) is 22.9. The van der Waals surface area contributed by atoms with Crippen LogP contribution in [0, 0.1) is 0 Å². The number of carbonyl (C=O) groups excluding carboxylic acids is 1. The molecule has 1 fully saturated rings. The van der Waals surface area contributed by atoms with E-state index in [0.717, 1.165) is 17.3 Å². The van der Waals surface area contributed by atoms with Crippen molar-refractivity contribution in [2.75, 3.05) is 27.3 Å². The highest BCUT2D eigenvalue weighted by atomic mass is 79.9. The predicted molar refractivity (Wildman–Crippen MR) is 98.8 cm³/mol. The Labute approximate surface area is 160 Å². The maximum atomic E-state index is 12.9. The van der Waals surface area contributed by atoms with Crippen molar-refractivity contribution in [3.63, 3.8) is 0 Å². The summed E-state index contributed by atoms with van der Waals surface area (Å²) in [5.41, 5.74) is 0.529. The van der Waals surface area contributed by atoms with Crippen molar-refractivity contribution in [2.45, 2.75) is 18.9 Å². The molecule has 26 heavy (non-hydrogen) atoms. The van der Waals surface area contributed by atoms with Gasteiger partial charge in [-0.25, -0.2) is 9.97 Å². The fraction of sp³-hybridized carbons (Fsp3) is 0.389. The Bertz CT molecular complexity index is 747. The van der Waals surface area contributed by atoms with E-state index in [4.69, 9.17) is 14.2 Å². The molecule has 0 N–H and O–H groups in total. The fourth-order valence-corrected chi connectivity index (χ4v) is 3.05. The third-order valence-electron chi connectivity index (χ3n) is 4.13. The third kappa shape index (κ3) is 4.43. The van der Waals surface area contributed by atoms with Crippen molar-refractivity contribution < 1.29 is 19.0 Å². The van der Waals surface area contributed by atoms with Crippen molar-refractivity contribution in [3.05, 3.63) is 40.6 Å². The van der Waals surface area contributed by atoms with Crippen LogP contribution in [0.3, 0.4) is 0 Å². The second-order valence-corrected chi connectivity index (χ2v) is 6.83. The lowest BCUT2D eigenvalue weighted by Gasteiger charge is -2.32. The van der Waals surface area contributed by atoms with Crippen LogP contribution >= 0.6 is 15.9 Å². The second kappa shape index (κ2) is 8.35. The van der Waals surface area contributed by atoms with Crippen molar-refractivity contribution in [3.8, 4) is 17.5 Å². The van der Waals surface area contributed by atoms with Gasteiger partial charge in [0, 0.05) is 30.6 Å². The smallest absolute Gasteiger partial charge is 0.316 e. The minimum absolute atomic E-state index is 0.0766. The quantitative estimate of drug-likeness (QED) is 0.738. The molecule has 0 bridgehead atoms. The van der Waals surface area contributed by atoms with Gasteiger partial charge in [0.2, 0.25) is 0 Å². The first-order valence-corrected chi connectivity index (χ1v) is 9.05. The highest BCUT2D eigenvalue weighted by molar-refractivity contribution is 9.10. The number of benzene rings is 1. The van der Waals surface area contributed by atoms with Gasteiger partial charge in [-0.2, -0.15) is 0 Å². The van der Waals surface area contributed by atoms with E-state index in [2.05, 4.69) is 25.9 Å². The summed E-state index contributed by atoms with van der Waals surface area (Å²) in [5, 5.41) is 0. The van der Waals surface area contributed by atoms with E-state index >= 15 is 0 Å². The number of hydrogen-bond donors (Lipinski definition) is 0. The Morgan fingerprint density at radius 1 is 1.15 bits per heavy atom. The van der Waals surface area contributed by atoms with Crippen LogP contribution in [0.4, 0.5) is 0 Å². The molecule has 8 heteroatoms. The van der Waals surface area contributed by atoms with E-state index in [0.29, 0.717) is 36.2 Å². The lowest BCUT2D eigenvalue weighted by molar-refractivity contribution is 0.0515. The molecule has 2 aromatic rings. The number of halogens is 1. The van der Waals surface area contributed by atoms with Crippen LogP contribution in [0.5, 0.6) is 17.5 Å². The van der Waals surface area contributed by atoms with E-state index in [9.17, 15) is 4.79 Å². The molecular formula is C18H20BrN3O4. The van der Waals surface area contributed by atoms with Gasteiger partial charge in [0.05, 0.1) is 25.2 Å². The van der Waals surface area contributed by atoms with Gasteiger partial charge in [-0.15, -0.1) is 0 Å². The fourth-order valence-electron chi connectivity index (χ4n) is 2.84. The average Bonchev–Trinajstić information content (AvgIpc) is 2.69. The zero-order chi connectivity index (χ0) is 18.5. The Morgan fingerprint density at radius 2 is 1.81 bits per heavy atom. The van der Waals surface area contributed by atoms with Crippen molar-refractivity contribution in [2.24, 2.45) is 0 Å². The molecule has 7 nitrogen and oxygen atoms in total. The molecule has 3 rings (SSSR count). The number of rotatable bonds is 5. The molecule has 1 aromatic carbocycles. The Hall–Kier alpha value is -2.35.